The fourth-order valence-corrected chi connectivity index (χ4v) is 3.69. The topological polar surface area (TPSA) is 54.8 Å². The molecule has 1 atom stereocenters. The minimum atomic E-state index is -0.154. The van der Waals surface area contributed by atoms with Crippen LogP contribution in [0.25, 0.3) is 0 Å². The number of amides is 2. The van der Waals surface area contributed by atoms with Gasteiger partial charge in [0, 0.05) is 37.1 Å². The number of carbonyl (C=O) groups is 2. The highest BCUT2D eigenvalue weighted by Crippen LogP contribution is 2.17. The lowest BCUT2D eigenvalue weighted by atomic mass is 10.1. The summed E-state index contributed by atoms with van der Waals surface area (Å²) in [6, 6.07) is 20.9. The third-order valence-electron chi connectivity index (χ3n) is 6.00. The monoisotopic (exact) mass is 447 g/mol. The van der Waals surface area contributed by atoms with Crippen molar-refractivity contribution in [2.75, 3.05) is 13.7 Å². The molecule has 0 radical (unpaired) electrons. The molecule has 6 heteroatoms. The summed E-state index contributed by atoms with van der Waals surface area (Å²) < 4.78 is 7.22. The maximum atomic E-state index is 13.6. The highest BCUT2D eigenvalue weighted by molar-refractivity contribution is 5.96. The normalized spacial score (nSPS) is 11.6. The van der Waals surface area contributed by atoms with E-state index in [4.69, 9.17) is 4.74 Å². The van der Waals surface area contributed by atoms with Crippen molar-refractivity contribution in [3.8, 4) is 5.75 Å². The van der Waals surface area contributed by atoms with Crippen molar-refractivity contribution >= 4 is 11.8 Å². The van der Waals surface area contributed by atoms with E-state index in [9.17, 15) is 9.59 Å². The van der Waals surface area contributed by atoms with Gasteiger partial charge in [0.05, 0.1) is 13.7 Å². The van der Waals surface area contributed by atoms with Gasteiger partial charge in [0.15, 0.2) is 0 Å². The minimum absolute atomic E-state index is 0.0249. The van der Waals surface area contributed by atoms with Gasteiger partial charge in [-0.05, 0) is 55.3 Å². The standard InChI is InChI=1S/C27H33N3O3/c1-5-21(2)30(27(32)23-13-15-25(33-4)16-14-23)20-26(31)29(18-22-10-7-6-8-11-22)19-24-12-9-17-28(24)3/h6-17,21H,5,18-20H2,1-4H3. The Kier molecular flexibility index (Phi) is 8.30. The number of ether oxygens (including phenoxy) is 1. The van der Waals surface area contributed by atoms with E-state index < -0.39 is 0 Å². The Labute approximate surface area is 196 Å². The third kappa shape index (κ3) is 6.25. The minimum Gasteiger partial charge on any atom is -0.497 e. The molecule has 0 fully saturated rings. The number of aryl methyl sites for hydroxylation is 1. The number of benzene rings is 2. The van der Waals surface area contributed by atoms with E-state index in [1.807, 2.05) is 79.0 Å². The molecular weight excluding hydrogens is 414 g/mol. The predicted octanol–water partition coefficient (Wildman–Crippen LogP) is 4.50. The first kappa shape index (κ1) is 24.1. The van der Waals surface area contributed by atoms with Gasteiger partial charge >= 0.3 is 0 Å². The van der Waals surface area contributed by atoms with E-state index in [0.717, 1.165) is 17.7 Å². The van der Waals surface area contributed by atoms with Gasteiger partial charge in [-0.15, -0.1) is 0 Å². The van der Waals surface area contributed by atoms with Crippen LogP contribution in [0, 0.1) is 0 Å². The SMILES string of the molecule is CCC(C)N(CC(=O)N(Cc1ccccc1)Cc1cccn1C)C(=O)c1ccc(OC)cc1. The maximum Gasteiger partial charge on any atom is 0.254 e. The summed E-state index contributed by atoms with van der Waals surface area (Å²) in [5, 5.41) is 0. The van der Waals surface area contributed by atoms with Gasteiger partial charge in [-0.2, -0.15) is 0 Å². The van der Waals surface area contributed by atoms with Crippen molar-refractivity contribution < 1.29 is 14.3 Å². The number of hydrogen-bond acceptors (Lipinski definition) is 3. The summed E-state index contributed by atoms with van der Waals surface area (Å²) in [6.07, 6.45) is 2.73. The lowest BCUT2D eigenvalue weighted by Gasteiger charge is -2.31. The largest absolute Gasteiger partial charge is 0.497 e. The highest BCUT2D eigenvalue weighted by Gasteiger charge is 2.26. The molecule has 174 valence electrons. The average molecular weight is 448 g/mol. The predicted molar refractivity (Wildman–Crippen MR) is 130 cm³/mol. The molecule has 0 spiro atoms. The van der Waals surface area contributed by atoms with Crippen molar-refractivity contribution in [2.45, 2.75) is 39.4 Å². The Morgan fingerprint density at radius 3 is 2.24 bits per heavy atom. The van der Waals surface area contributed by atoms with E-state index in [1.54, 1.807) is 36.3 Å². The Morgan fingerprint density at radius 1 is 0.970 bits per heavy atom. The molecular formula is C27H33N3O3. The van der Waals surface area contributed by atoms with E-state index in [0.29, 0.717) is 24.4 Å². The van der Waals surface area contributed by atoms with Crippen LogP contribution in [0.15, 0.2) is 72.9 Å². The maximum absolute atomic E-state index is 13.6. The van der Waals surface area contributed by atoms with E-state index in [1.165, 1.54) is 0 Å². The Balaban J connectivity index is 1.83. The number of rotatable bonds is 10. The summed E-state index contributed by atoms with van der Waals surface area (Å²) in [5.41, 5.74) is 2.63. The second-order valence-electron chi connectivity index (χ2n) is 8.26. The second-order valence-corrected chi connectivity index (χ2v) is 8.26. The summed E-state index contributed by atoms with van der Waals surface area (Å²) in [4.78, 5) is 30.4. The van der Waals surface area contributed by atoms with Crippen molar-refractivity contribution in [3.05, 3.63) is 89.7 Å². The zero-order valence-corrected chi connectivity index (χ0v) is 19.9. The number of carbonyl (C=O) groups excluding carboxylic acids is 2. The van der Waals surface area contributed by atoms with Gasteiger partial charge in [-0.1, -0.05) is 37.3 Å². The van der Waals surface area contributed by atoms with Crippen LogP contribution in [0.5, 0.6) is 5.75 Å². The van der Waals surface area contributed by atoms with Crippen LogP contribution >= 0.6 is 0 Å². The van der Waals surface area contributed by atoms with Gasteiger partial charge in [0.2, 0.25) is 5.91 Å². The summed E-state index contributed by atoms with van der Waals surface area (Å²) >= 11 is 0. The molecule has 2 aromatic carbocycles. The molecule has 0 aliphatic heterocycles. The molecule has 0 N–H and O–H groups in total. The summed E-state index contributed by atoms with van der Waals surface area (Å²) in [5.74, 6) is 0.454. The van der Waals surface area contributed by atoms with Crippen LogP contribution in [-0.2, 0) is 24.9 Å². The van der Waals surface area contributed by atoms with Crippen LogP contribution < -0.4 is 4.74 Å². The Hall–Kier alpha value is -3.54. The molecule has 33 heavy (non-hydrogen) atoms. The van der Waals surface area contributed by atoms with Crippen molar-refractivity contribution in [1.29, 1.82) is 0 Å². The van der Waals surface area contributed by atoms with Gasteiger partial charge in [-0.3, -0.25) is 9.59 Å². The zero-order chi connectivity index (χ0) is 23.8. The zero-order valence-electron chi connectivity index (χ0n) is 19.9. The Bertz CT molecular complexity index is 1040. The molecule has 6 nitrogen and oxygen atoms in total. The molecule has 1 heterocycles. The fourth-order valence-electron chi connectivity index (χ4n) is 3.69. The lowest BCUT2D eigenvalue weighted by Crippen LogP contribution is -2.46. The first-order chi connectivity index (χ1) is 15.9. The number of nitrogens with zero attached hydrogens (tertiary/aromatic N) is 3. The first-order valence-electron chi connectivity index (χ1n) is 11.3. The van der Waals surface area contributed by atoms with E-state index in [2.05, 4.69) is 0 Å². The van der Waals surface area contributed by atoms with E-state index >= 15 is 0 Å². The van der Waals surface area contributed by atoms with Crippen LogP contribution in [0.2, 0.25) is 0 Å². The molecule has 2 amide bonds. The van der Waals surface area contributed by atoms with Gasteiger partial charge < -0.3 is 19.1 Å². The third-order valence-corrected chi connectivity index (χ3v) is 6.00. The highest BCUT2D eigenvalue weighted by atomic mass is 16.5. The molecule has 0 saturated heterocycles. The number of hydrogen-bond donors (Lipinski definition) is 0. The van der Waals surface area contributed by atoms with Crippen LogP contribution in [0.4, 0.5) is 0 Å². The van der Waals surface area contributed by atoms with Crippen LogP contribution in [0.1, 0.15) is 41.9 Å². The van der Waals surface area contributed by atoms with Gasteiger partial charge in [0.25, 0.3) is 5.91 Å². The number of aromatic nitrogens is 1. The molecule has 1 aromatic heterocycles. The van der Waals surface area contributed by atoms with Crippen molar-refractivity contribution in [1.82, 2.24) is 14.4 Å². The lowest BCUT2D eigenvalue weighted by molar-refractivity contribution is -0.133. The molecule has 0 saturated carbocycles. The molecule has 3 aromatic rings. The first-order valence-corrected chi connectivity index (χ1v) is 11.3. The van der Waals surface area contributed by atoms with E-state index in [-0.39, 0.29) is 24.4 Å². The molecule has 0 bridgehead atoms. The van der Waals surface area contributed by atoms with Crippen LogP contribution in [-0.4, -0.2) is 45.9 Å². The molecule has 1 unspecified atom stereocenters. The average Bonchev–Trinajstić information content (AvgIpc) is 3.26. The molecule has 0 aliphatic carbocycles. The van der Waals surface area contributed by atoms with Gasteiger partial charge in [-0.25, -0.2) is 0 Å². The van der Waals surface area contributed by atoms with Gasteiger partial charge in [0.1, 0.15) is 12.3 Å². The van der Waals surface area contributed by atoms with Crippen molar-refractivity contribution in [2.24, 2.45) is 7.05 Å². The Morgan fingerprint density at radius 2 is 1.67 bits per heavy atom. The van der Waals surface area contributed by atoms with Crippen LogP contribution in [0.3, 0.4) is 0 Å². The fraction of sp³-hybridized carbons (Fsp3) is 0.333. The second kappa shape index (κ2) is 11.4. The number of methoxy groups -OCH3 is 1. The molecule has 0 aliphatic rings. The summed E-state index contributed by atoms with van der Waals surface area (Å²) in [7, 11) is 3.56. The quantitative estimate of drug-likeness (QED) is 0.460. The van der Waals surface area contributed by atoms with Crippen molar-refractivity contribution in [3.63, 3.8) is 0 Å². The smallest absolute Gasteiger partial charge is 0.254 e. The summed E-state index contributed by atoms with van der Waals surface area (Å²) in [6.45, 7) is 4.98. The molecule has 3 rings (SSSR count).